The molecule has 2 rings (SSSR count). The van der Waals surface area contributed by atoms with Crippen molar-refractivity contribution in [2.24, 2.45) is 0 Å². The van der Waals surface area contributed by atoms with E-state index in [2.05, 4.69) is 18.7 Å². The van der Waals surface area contributed by atoms with Crippen molar-refractivity contribution >= 4 is 17.5 Å². The minimum atomic E-state index is 0.0472. The third kappa shape index (κ3) is 4.35. The lowest BCUT2D eigenvalue weighted by molar-refractivity contribution is -0.135. The molecule has 0 unspecified atom stereocenters. The van der Waals surface area contributed by atoms with Crippen LogP contribution in [0.15, 0.2) is 18.2 Å². The number of halogens is 1. The van der Waals surface area contributed by atoms with Crippen LogP contribution in [0, 0.1) is 6.92 Å². The molecule has 0 N–H and O–H groups in total. The summed E-state index contributed by atoms with van der Waals surface area (Å²) in [5, 5.41) is 0.707. The number of carbonyl (C=O) groups is 1. The van der Waals surface area contributed by atoms with Crippen molar-refractivity contribution in [2.45, 2.75) is 26.8 Å². The number of aryl methyl sites for hydroxylation is 1. The average molecular weight is 311 g/mol. The molecule has 1 aromatic rings. The van der Waals surface area contributed by atoms with Gasteiger partial charge in [0.2, 0.25) is 0 Å². The topological polar surface area (TPSA) is 32.8 Å². The Kier molecular flexibility index (Phi) is 5.48. The number of hydrogen-bond acceptors (Lipinski definition) is 3. The zero-order valence-corrected chi connectivity index (χ0v) is 13.7. The van der Waals surface area contributed by atoms with Gasteiger partial charge in [0.25, 0.3) is 5.91 Å². The summed E-state index contributed by atoms with van der Waals surface area (Å²) in [5.41, 5.74) is 0.951. The molecule has 116 valence electrons. The monoisotopic (exact) mass is 310 g/mol. The largest absolute Gasteiger partial charge is 0.484 e. The van der Waals surface area contributed by atoms with E-state index in [1.165, 1.54) is 0 Å². The van der Waals surface area contributed by atoms with Crippen molar-refractivity contribution in [3.8, 4) is 5.75 Å². The van der Waals surface area contributed by atoms with Crippen LogP contribution in [0.25, 0.3) is 0 Å². The van der Waals surface area contributed by atoms with Crippen molar-refractivity contribution in [3.05, 3.63) is 28.8 Å². The molecular weight excluding hydrogens is 288 g/mol. The Hall–Kier alpha value is -1.26. The molecule has 1 amide bonds. The van der Waals surface area contributed by atoms with Gasteiger partial charge in [-0.3, -0.25) is 9.69 Å². The predicted molar refractivity (Wildman–Crippen MR) is 85.0 cm³/mol. The summed E-state index contributed by atoms with van der Waals surface area (Å²) < 4.78 is 5.57. The van der Waals surface area contributed by atoms with Gasteiger partial charge in [-0.2, -0.15) is 0 Å². The van der Waals surface area contributed by atoms with Crippen LogP contribution in [-0.4, -0.2) is 54.5 Å². The van der Waals surface area contributed by atoms with E-state index in [4.69, 9.17) is 16.3 Å². The molecule has 0 spiro atoms. The molecule has 5 heteroatoms. The fourth-order valence-corrected chi connectivity index (χ4v) is 2.55. The molecule has 0 radical (unpaired) electrons. The molecule has 1 saturated heterocycles. The first kappa shape index (κ1) is 16.1. The number of amides is 1. The van der Waals surface area contributed by atoms with E-state index in [0.29, 0.717) is 16.8 Å². The molecule has 21 heavy (non-hydrogen) atoms. The van der Waals surface area contributed by atoms with Gasteiger partial charge in [0.05, 0.1) is 0 Å². The van der Waals surface area contributed by atoms with Crippen LogP contribution in [0.1, 0.15) is 19.4 Å². The second-order valence-corrected chi connectivity index (χ2v) is 6.12. The van der Waals surface area contributed by atoms with Crippen LogP contribution in [0.3, 0.4) is 0 Å². The van der Waals surface area contributed by atoms with Crippen molar-refractivity contribution in [1.82, 2.24) is 9.80 Å². The highest BCUT2D eigenvalue weighted by Gasteiger charge is 2.22. The third-order valence-electron chi connectivity index (χ3n) is 3.89. The first-order chi connectivity index (χ1) is 9.97. The molecule has 0 atom stereocenters. The second-order valence-electron chi connectivity index (χ2n) is 5.71. The maximum absolute atomic E-state index is 12.2. The Bertz CT molecular complexity index is 497. The number of piperazine rings is 1. The highest BCUT2D eigenvalue weighted by atomic mass is 35.5. The number of ether oxygens (including phenoxy) is 1. The highest BCUT2D eigenvalue weighted by Crippen LogP contribution is 2.21. The minimum absolute atomic E-state index is 0.0472. The fraction of sp³-hybridized carbons (Fsp3) is 0.562. The van der Waals surface area contributed by atoms with Gasteiger partial charge in [0.1, 0.15) is 5.75 Å². The molecule has 0 saturated carbocycles. The van der Waals surface area contributed by atoms with Crippen molar-refractivity contribution in [2.75, 3.05) is 32.8 Å². The Balaban J connectivity index is 1.81. The quantitative estimate of drug-likeness (QED) is 0.857. The Labute approximate surface area is 131 Å². The Morgan fingerprint density at radius 2 is 1.95 bits per heavy atom. The highest BCUT2D eigenvalue weighted by molar-refractivity contribution is 6.31. The van der Waals surface area contributed by atoms with Crippen LogP contribution in [0.5, 0.6) is 5.75 Å². The Morgan fingerprint density at radius 3 is 2.52 bits per heavy atom. The van der Waals surface area contributed by atoms with E-state index < -0.39 is 0 Å². The third-order valence-corrected chi connectivity index (χ3v) is 4.31. The Morgan fingerprint density at radius 1 is 1.29 bits per heavy atom. The first-order valence-corrected chi connectivity index (χ1v) is 7.76. The summed E-state index contributed by atoms with van der Waals surface area (Å²) in [4.78, 5) is 16.4. The number of benzene rings is 1. The van der Waals surface area contributed by atoms with Crippen molar-refractivity contribution in [1.29, 1.82) is 0 Å². The van der Waals surface area contributed by atoms with Crippen LogP contribution in [0.2, 0.25) is 5.02 Å². The van der Waals surface area contributed by atoms with Gasteiger partial charge in [0, 0.05) is 37.2 Å². The van der Waals surface area contributed by atoms with Crippen LogP contribution in [0.4, 0.5) is 0 Å². The summed E-state index contributed by atoms with van der Waals surface area (Å²) in [6, 6.07) is 5.97. The van der Waals surface area contributed by atoms with Gasteiger partial charge in [-0.25, -0.2) is 0 Å². The maximum Gasteiger partial charge on any atom is 0.260 e. The van der Waals surface area contributed by atoms with Gasteiger partial charge >= 0.3 is 0 Å². The summed E-state index contributed by atoms with van der Waals surface area (Å²) >= 11 is 5.97. The number of rotatable bonds is 4. The maximum atomic E-state index is 12.2. The van der Waals surface area contributed by atoms with Crippen LogP contribution in [-0.2, 0) is 4.79 Å². The molecule has 1 aliphatic rings. The van der Waals surface area contributed by atoms with E-state index in [-0.39, 0.29) is 12.5 Å². The minimum Gasteiger partial charge on any atom is -0.484 e. The molecule has 0 bridgehead atoms. The number of nitrogens with zero attached hydrogens (tertiary/aromatic N) is 2. The molecule has 4 nitrogen and oxygen atoms in total. The molecule has 1 aromatic carbocycles. The predicted octanol–water partition coefficient (Wildman–Crippen LogP) is 2.58. The molecule has 0 aromatic heterocycles. The molecule has 0 aliphatic carbocycles. The molecule has 1 aliphatic heterocycles. The normalized spacial score (nSPS) is 16.3. The zero-order valence-electron chi connectivity index (χ0n) is 12.9. The van der Waals surface area contributed by atoms with Crippen LogP contribution < -0.4 is 4.74 Å². The van der Waals surface area contributed by atoms with E-state index >= 15 is 0 Å². The SMILES string of the molecule is Cc1cc(OCC(=O)N2CCN(C(C)C)CC2)ccc1Cl. The lowest BCUT2D eigenvalue weighted by Crippen LogP contribution is -2.51. The van der Waals surface area contributed by atoms with E-state index in [1.54, 1.807) is 12.1 Å². The van der Waals surface area contributed by atoms with Gasteiger partial charge in [-0.15, -0.1) is 0 Å². The standard InChI is InChI=1S/C16H23ClN2O2/c1-12(2)18-6-8-19(9-7-18)16(20)11-21-14-4-5-15(17)13(3)10-14/h4-5,10,12H,6-9,11H2,1-3H3. The molecule has 1 heterocycles. The summed E-state index contributed by atoms with van der Waals surface area (Å²) in [7, 11) is 0. The van der Waals surface area contributed by atoms with Crippen LogP contribution >= 0.6 is 11.6 Å². The van der Waals surface area contributed by atoms with Gasteiger partial charge in [0.15, 0.2) is 6.61 Å². The fourth-order valence-electron chi connectivity index (χ4n) is 2.43. The average Bonchev–Trinajstić information content (AvgIpc) is 2.48. The van der Waals surface area contributed by atoms with Crippen molar-refractivity contribution in [3.63, 3.8) is 0 Å². The molecular formula is C16H23ClN2O2. The van der Waals surface area contributed by atoms with Gasteiger partial charge in [-0.1, -0.05) is 11.6 Å². The summed E-state index contributed by atoms with van der Waals surface area (Å²) in [5.74, 6) is 0.733. The second kappa shape index (κ2) is 7.14. The summed E-state index contributed by atoms with van der Waals surface area (Å²) in [6.07, 6.45) is 0. The van der Waals surface area contributed by atoms with E-state index in [9.17, 15) is 4.79 Å². The molecule has 1 fully saturated rings. The van der Waals surface area contributed by atoms with E-state index in [0.717, 1.165) is 31.7 Å². The summed E-state index contributed by atoms with van der Waals surface area (Å²) in [6.45, 7) is 9.80. The zero-order chi connectivity index (χ0) is 15.4. The number of carbonyl (C=O) groups excluding carboxylic acids is 1. The van der Waals surface area contributed by atoms with Crippen molar-refractivity contribution < 1.29 is 9.53 Å². The first-order valence-electron chi connectivity index (χ1n) is 7.38. The van der Waals surface area contributed by atoms with E-state index in [1.807, 2.05) is 17.9 Å². The lowest BCUT2D eigenvalue weighted by atomic mass is 10.2. The number of hydrogen-bond donors (Lipinski definition) is 0. The van der Waals surface area contributed by atoms with Gasteiger partial charge in [-0.05, 0) is 44.5 Å². The van der Waals surface area contributed by atoms with Gasteiger partial charge < -0.3 is 9.64 Å². The lowest BCUT2D eigenvalue weighted by Gasteiger charge is -2.36. The smallest absolute Gasteiger partial charge is 0.260 e.